The van der Waals surface area contributed by atoms with Crippen LogP contribution in [0.4, 0.5) is 5.69 Å². The molecule has 0 spiro atoms. The molecule has 152 valence electrons. The van der Waals surface area contributed by atoms with Crippen molar-refractivity contribution >= 4 is 28.5 Å². The van der Waals surface area contributed by atoms with Crippen molar-refractivity contribution in [2.45, 2.75) is 53.0 Å². The van der Waals surface area contributed by atoms with Gasteiger partial charge in [0.25, 0.3) is 5.91 Å². The average molecular weight is 392 g/mol. The topological polar surface area (TPSA) is 71.3 Å². The quantitative estimate of drug-likeness (QED) is 0.609. The summed E-state index contributed by atoms with van der Waals surface area (Å²) >= 11 is 0. The van der Waals surface area contributed by atoms with E-state index in [9.17, 15) is 9.59 Å². The summed E-state index contributed by atoms with van der Waals surface area (Å²) in [6.07, 6.45) is 2.71. The lowest BCUT2D eigenvalue weighted by atomic mass is 10.0. The van der Waals surface area contributed by atoms with Crippen molar-refractivity contribution < 1.29 is 14.0 Å². The van der Waals surface area contributed by atoms with Crippen molar-refractivity contribution in [3.8, 4) is 0 Å². The smallest absolute Gasteiger partial charge is 0.251 e. The summed E-state index contributed by atoms with van der Waals surface area (Å²) in [6.45, 7) is 10.1. The molecule has 0 aliphatic rings. The monoisotopic (exact) mass is 392 g/mol. The van der Waals surface area contributed by atoms with Gasteiger partial charge in [-0.1, -0.05) is 6.92 Å². The lowest BCUT2D eigenvalue weighted by molar-refractivity contribution is -0.115. The second kappa shape index (κ2) is 8.11. The van der Waals surface area contributed by atoms with Crippen LogP contribution in [0.25, 0.3) is 11.0 Å². The molecular formula is C24H28N2O3. The lowest BCUT2D eigenvalue weighted by Gasteiger charge is -2.24. The van der Waals surface area contributed by atoms with E-state index in [1.165, 1.54) is 5.56 Å². The Morgan fingerprint density at radius 1 is 1.03 bits per heavy atom. The number of furan rings is 1. The van der Waals surface area contributed by atoms with Gasteiger partial charge in [0.2, 0.25) is 5.91 Å². The lowest BCUT2D eigenvalue weighted by Crippen LogP contribution is -2.42. The molecule has 2 aromatic carbocycles. The average Bonchev–Trinajstić information content (AvgIpc) is 3.03. The van der Waals surface area contributed by atoms with E-state index in [-0.39, 0.29) is 23.8 Å². The van der Waals surface area contributed by atoms with Gasteiger partial charge in [-0.05, 0) is 81.6 Å². The van der Waals surface area contributed by atoms with Crippen LogP contribution < -0.4 is 10.6 Å². The molecule has 0 radical (unpaired) electrons. The van der Waals surface area contributed by atoms with E-state index in [1.54, 1.807) is 30.5 Å². The molecule has 2 N–H and O–H groups in total. The molecule has 0 saturated carbocycles. The molecule has 29 heavy (non-hydrogen) atoms. The summed E-state index contributed by atoms with van der Waals surface area (Å²) in [5, 5.41) is 6.85. The van der Waals surface area contributed by atoms with E-state index in [0.29, 0.717) is 11.3 Å². The van der Waals surface area contributed by atoms with Crippen LogP contribution in [0.2, 0.25) is 0 Å². The fourth-order valence-electron chi connectivity index (χ4n) is 3.02. The highest BCUT2D eigenvalue weighted by Gasteiger charge is 2.19. The summed E-state index contributed by atoms with van der Waals surface area (Å²) in [4.78, 5) is 24.8. The SMILES string of the molecule is CCC(C)(C)NC(=O)c1ccc(NC(=O)Cc2coc3cc(C)c(C)cc23)cc1. The van der Waals surface area contributed by atoms with Gasteiger partial charge in [-0.2, -0.15) is 0 Å². The van der Waals surface area contributed by atoms with Gasteiger partial charge < -0.3 is 15.1 Å². The highest BCUT2D eigenvalue weighted by molar-refractivity contribution is 5.97. The maximum absolute atomic E-state index is 12.5. The van der Waals surface area contributed by atoms with Gasteiger partial charge >= 0.3 is 0 Å². The Labute approximate surface area is 171 Å². The number of anilines is 1. The van der Waals surface area contributed by atoms with Crippen LogP contribution in [0.3, 0.4) is 0 Å². The van der Waals surface area contributed by atoms with Gasteiger partial charge in [0.05, 0.1) is 12.7 Å². The zero-order chi connectivity index (χ0) is 21.2. The molecular weight excluding hydrogens is 364 g/mol. The van der Waals surface area contributed by atoms with Gasteiger partial charge in [0.15, 0.2) is 0 Å². The highest BCUT2D eigenvalue weighted by Crippen LogP contribution is 2.25. The van der Waals surface area contributed by atoms with E-state index in [0.717, 1.165) is 28.5 Å². The summed E-state index contributed by atoms with van der Waals surface area (Å²) in [7, 11) is 0. The summed E-state index contributed by atoms with van der Waals surface area (Å²) in [5.74, 6) is -0.250. The van der Waals surface area contributed by atoms with Crippen LogP contribution in [0, 0.1) is 13.8 Å². The predicted octanol–water partition coefficient (Wildman–Crippen LogP) is 5.15. The van der Waals surface area contributed by atoms with Crippen LogP contribution >= 0.6 is 0 Å². The number of nitrogens with one attached hydrogen (secondary N) is 2. The van der Waals surface area contributed by atoms with E-state index < -0.39 is 0 Å². The van der Waals surface area contributed by atoms with Gasteiger partial charge in [-0.25, -0.2) is 0 Å². The molecule has 0 saturated heterocycles. The zero-order valence-electron chi connectivity index (χ0n) is 17.7. The Balaban J connectivity index is 1.66. The third-order valence-electron chi connectivity index (χ3n) is 5.39. The van der Waals surface area contributed by atoms with Crippen molar-refractivity contribution in [3.05, 3.63) is 64.9 Å². The summed E-state index contributed by atoms with van der Waals surface area (Å²) in [5.41, 5.74) is 4.95. The maximum Gasteiger partial charge on any atom is 0.251 e. The maximum atomic E-state index is 12.5. The Bertz CT molecular complexity index is 1050. The number of carbonyl (C=O) groups excluding carboxylic acids is 2. The molecule has 1 aromatic heterocycles. The standard InChI is InChI=1S/C24H28N2O3/c1-6-24(4,5)26-23(28)17-7-9-19(10-8-17)25-22(27)13-18-14-29-21-12-16(3)15(2)11-20(18)21/h7-12,14H,6,13H2,1-5H3,(H,25,27)(H,26,28). The first kappa shape index (κ1) is 20.6. The predicted molar refractivity (Wildman–Crippen MR) is 116 cm³/mol. The van der Waals surface area contributed by atoms with Crippen LogP contribution in [0.5, 0.6) is 0 Å². The summed E-state index contributed by atoms with van der Waals surface area (Å²) in [6, 6.07) is 11.0. The highest BCUT2D eigenvalue weighted by atomic mass is 16.3. The normalized spacial score (nSPS) is 11.5. The number of aryl methyl sites for hydroxylation is 2. The minimum atomic E-state index is -0.256. The molecule has 0 fully saturated rings. The fraction of sp³-hybridized carbons (Fsp3) is 0.333. The first-order valence-electron chi connectivity index (χ1n) is 9.88. The second-order valence-corrected chi connectivity index (χ2v) is 8.19. The van der Waals surface area contributed by atoms with E-state index >= 15 is 0 Å². The van der Waals surface area contributed by atoms with Crippen molar-refractivity contribution in [2.24, 2.45) is 0 Å². The van der Waals surface area contributed by atoms with Crippen molar-refractivity contribution in [3.63, 3.8) is 0 Å². The molecule has 5 heteroatoms. The van der Waals surface area contributed by atoms with Crippen molar-refractivity contribution in [1.82, 2.24) is 5.32 Å². The van der Waals surface area contributed by atoms with Gasteiger partial charge in [-0.3, -0.25) is 9.59 Å². The van der Waals surface area contributed by atoms with Crippen LogP contribution in [0.1, 0.15) is 54.2 Å². The Kier molecular flexibility index (Phi) is 5.78. The molecule has 0 unspecified atom stereocenters. The number of hydrogen-bond donors (Lipinski definition) is 2. The zero-order valence-corrected chi connectivity index (χ0v) is 17.7. The van der Waals surface area contributed by atoms with Crippen LogP contribution in [-0.4, -0.2) is 17.4 Å². The second-order valence-electron chi connectivity index (χ2n) is 8.19. The molecule has 0 aliphatic carbocycles. The third kappa shape index (κ3) is 4.86. The number of hydrogen-bond acceptors (Lipinski definition) is 3. The van der Waals surface area contributed by atoms with Crippen LogP contribution in [-0.2, 0) is 11.2 Å². The molecule has 2 amide bonds. The van der Waals surface area contributed by atoms with E-state index in [4.69, 9.17) is 4.42 Å². The third-order valence-corrected chi connectivity index (χ3v) is 5.39. The minimum Gasteiger partial charge on any atom is -0.464 e. The Morgan fingerprint density at radius 3 is 2.34 bits per heavy atom. The largest absolute Gasteiger partial charge is 0.464 e. The summed E-state index contributed by atoms with van der Waals surface area (Å²) < 4.78 is 5.60. The Morgan fingerprint density at radius 2 is 1.69 bits per heavy atom. The first-order chi connectivity index (χ1) is 13.7. The molecule has 0 bridgehead atoms. The van der Waals surface area contributed by atoms with Crippen LogP contribution in [0.15, 0.2) is 47.1 Å². The van der Waals surface area contributed by atoms with E-state index in [2.05, 4.69) is 16.7 Å². The first-order valence-corrected chi connectivity index (χ1v) is 9.88. The number of benzene rings is 2. The molecule has 5 nitrogen and oxygen atoms in total. The fourth-order valence-corrected chi connectivity index (χ4v) is 3.02. The van der Waals surface area contributed by atoms with Crippen molar-refractivity contribution in [1.29, 1.82) is 0 Å². The number of fused-ring (bicyclic) bond motifs is 1. The van der Waals surface area contributed by atoms with Gasteiger partial charge in [0, 0.05) is 27.7 Å². The van der Waals surface area contributed by atoms with E-state index in [1.807, 2.05) is 40.7 Å². The van der Waals surface area contributed by atoms with Crippen molar-refractivity contribution in [2.75, 3.05) is 5.32 Å². The van der Waals surface area contributed by atoms with Gasteiger partial charge in [-0.15, -0.1) is 0 Å². The molecule has 0 atom stereocenters. The molecule has 1 heterocycles. The number of amides is 2. The molecule has 3 rings (SSSR count). The minimum absolute atomic E-state index is 0.120. The number of carbonyl (C=O) groups is 2. The molecule has 0 aliphatic heterocycles. The van der Waals surface area contributed by atoms with Gasteiger partial charge in [0.1, 0.15) is 5.58 Å². The molecule has 3 aromatic rings. The Hall–Kier alpha value is -3.08. The number of rotatable bonds is 6.